The van der Waals surface area contributed by atoms with Crippen molar-refractivity contribution in [1.29, 1.82) is 0 Å². The maximum absolute atomic E-state index is 13.5. The zero-order chi connectivity index (χ0) is 21.3. The summed E-state index contributed by atoms with van der Waals surface area (Å²) in [5.41, 5.74) is 0.0599. The van der Waals surface area contributed by atoms with Crippen LogP contribution in [0.1, 0.15) is 56.8 Å². The number of amides is 2. The number of likely N-dealkylation sites (N-methyl/N-ethyl adjacent to an activating group) is 1. The number of nitrogens with one attached hydrogen (secondary N) is 1. The summed E-state index contributed by atoms with van der Waals surface area (Å²) in [6.45, 7) is 7.15. The summed E-state index contributed by atoms with van der Waals surface area (Å²) in [6, 6.07) is 4.63. The van der Waals surface area contributed by atoms with E-state index in [0.29, 0.717) is 31.1 Å². The predicted octanol–water partition coefficient (Wildman–Crippen LogP) is 3.71. The van der Waals surface area contributed by atoms with Crippen molar-refractivity contribution in [2.24, 2.45) is 5.92 Å². The van der Waals surface area contributed by atoms with Gasteiger partial charge in [-0.25, -0.2) is 4.39 Å². The van der Waals surface area contributed by atoms with Gasteiger partial charge >= 0.3 is 0 Å². The summed E-state index contributed by atoms with van der Waals surface area (Å²) in [5.74, 6) is -0.293. The molecule has 160 valence electrons. The van der Waals surface area contributed by atoms with Crippen molar-refractivity contribution in [3.8, 4) is 0 Å². The number of hydrogen-bond donors (Lipinski definition) is 1. The van der Waals surface area contributed by atoms with Gasteiger partial charge in [0.15, 0.2) is 0 Å². The fourth-order valence-electron chi connectivity index (χ4n) is 4.47. The molecule has 0 radical (unpaired) electrons. The Bertz CT molecular complexity index is 746. The van der Waals surface area contributed by atoms with Crippen molar-refractivity contribution in [1.82, 2.24) is 15.1 Å². The van der Waals surface area contributed by atoms with Gasteiger partial charge in [0.1, 0.15) is 5.82 Å². The first-order valence-electron chi connectivity index (χ1n) is 10.3. The molecule has 2 aliphatic heterocycles. The number of nitrogens with zero attached hydrogens (tertiary/aromatic N) is 2. The Morgan fingerprint density at radius 1 is 1.21 bits per heavy atom. The molecule has 0 spiro atoms. The van der Waals surface area contributed by atoms with E-state index in [9.17, 15) is 14.0 Å². The standard InChI is InChI=1S/C22H31ClFN3O2/c1-22(2,3)26(4)20(28)13-27-18-5-6-19(27)8-14(7-18)12-25-21(29)15-9-16(23)11-17(24)10-15/h9-11,14,18-19H,5-8,12-13H2,1-4H3,(H,25,29)/t14?,18-,19+. The highest BCUT2D eigenvalue weighted by Gasteiger charge is 2.42. The fraction of sp³-hybridized carbons (Fsp3) is 0.636. The Morgan fingerprint density at radius 3 is 2.38 bits per heavy atom. The number of rotatable bonds is 5. The highest BCUT2D eigenvalue weighted by atomic mass is 35.5. The van der Waals surface area contributed by atoms with Crippen LogP contribution in [0.25, 0.3) is 0 Å². The second kappa shape index (κ2) is 8.60. The Morgan fingerprint density at radius 2 is 1.83 bits per heavy atom. The molecule has 2 fully saturated rings. The Balaban J connectivity index is 1.53. The van der Waals surface area contributed by atoms with E-state index in [2.05, 4.69) is 10.2 Å². The van der Waals surface area contributed by atoms with Crippen LogP contribution in [0.15, 0.2) is 18.2 Å². The molecule has 1 aromatic carbocycles. The van der Waals surface area contributed by atoms with Gasteiger partial charge in [-0.15, -0.1) is 0 Å². The van der Waals surface area contributed by atoms with Gasteiger partial charge in [-0.2, -0.15) is 0 Å². The number of halogens is 2. The molecule has 2 saturated heterocycles. The van der Waals surface area contributed by atoms with Crippen LogP contribution in [-0.4, -0.2) is 59.4 Å². The van der Waals surface area contributed by atoms with Gasteiger partial charge in [-0.1, -0.05) is 11.6 Å². The van der Waals surface area contributed by atoms with Crippen molar-refractivity contribution in [3.63, 3.8) is 0 Å². The molecule has 7 heteroatoms. The van der Waals surface area contributed by atoms with E-state index < -0.39 is 5.82 Å². The van der Waals surface area contributed by atoms with Crippen LogP contribution in [0, 0.1) is 11.7 Å². The zero-order valence-corrected chi connectivity index (χ0v) is 18.4. The van der Waals surface area contributed by atoms with Gasteiger partial charge < -0.3 is 10.2 Å². The molecular weight excluding hydrogens is 393 g/mol. The third-order valence-electron chi connectivity index (χ3n) is 6.36. The number of benzene rings is 1. The summed E-state index contributed by atoms with van der Waals surface area (Å²) >= 11 is 5.84. The van der Waals surface area contributed by atoms with Gasteiger partial charge in [0.05, 0.1) is 6.54 Å². The van der Waals surface area contributed by atoms with Crippen LogP contribution >= 0.6 is 11.6 Å². The zero-order valence-electron chi connectivity index (χ0n) is 17.7. The molecule has 3 rings (SSSR count). The molecule has 1 aromatic rings. The van der Waals surface area contributed by atoms with Gasteiger partial charge in [0, 0.05) is 41.8 Å². The van der Waals surface area contributed by atoms with E-state index >= 15 is 0 Å². The molecule has 0 aliphatic carbocycles. The highest BCUT2D eigenvalue weighted by molar-refractivity contribution is 6.31. The number of piperidine rings is 1. The Hall–Kier alpha value is -1.66. The maximum atomic E-state index is 13.5. The van der Waals surface area contributed by atoms with Crippen LogP contribution in [0.2, 0.25) is 5.02 Å². The maximum Gasteiger partial charge on any atom is 0.251 e. The van der Waals surface area contributed by atoms with Crippen molar-refractivity contribution in [3.05, 3.63) is 34.6 Å². The van der Waals surface area contributed by atoms with E-state index in [1.54, 1.807) is 0 Å². The average Bonchev–Trinajstić information content (AvgIpc) is 2.86. The summed E-state index contributed by atoms with van der Waals surface area (Å²) < 4.78 is 13.5. The molecule has 3 atom stereocenters. The quantitative estimate of drug-likeness (QED) is 0.785. The van der Waals surface area contributed by atoms with E-state index in [0.717, 1.165) is 25.7 Å². The number of fused-ring (bicyclic) bond motifs is 2. The van der Waals surface area contributed by atoms with Gasteiger partial charge in [-0.3, -0.25) is 14.5 Å². The molecule has 1 N–H and O–H groups in total. The van der Waals surface area contributed by atoms with E-state index in [-0.39, 0.29) is 27.9 Å². The van der Waals surface area contributed by atoms with Crippen molar-refractivity contribution < 1.29 is 14.0 Å². The fourth-order valence-corrected chi connectivity index (χ4v) is 4.69. The molecule has 0 saturated carbocycles. The van der Waals surface area contributed by atoms with Crippen LogP contribution < -0.4 is 5.32 Å². The SMILES string of the molecule is CN(C(=O)CN1[C@@H]2CC[C@H]1CC(CNC(=O)c1cc(F)cc(Cl)c1)C2)C(C)(C)C. The smallest absolute Gasteiger partial charge is 0.251 e. The van der Waals surface area contributed by atoms with E-state index in [4.69, 9.17) is 11.6 Å². The predicted molar refractivity (Wildman–Crippen MR) is 113 cm³/mol. The lowest BCUT2D eigenvalue weighted by atomic mass is 9.90. The summed E-state index contributed by atoms with van der Waals surface area (Å²) in [6.07, 6.45) is 4.13. The van der Waals surface area contributed by atoms with Crippen LogP contribution in [0.3, 0.4) is 0 Å². The molecule has 2 bridgehead atoms. The lowest BCUT2D eigenvalue weighted by Gasteiger charge is -2.40. The summed E-state index contributed by atoms with van der Waals surface area (Å²) in [4.78, 5) is 29.2. The summed E-state index contributed by atoms with van der Waals surface area (Å²) in [7, 11) is 1.87. The Kier molecular flexibility index (Phi) is 6.54. The first-order valence-corrected chi connectivity index (χ1v) is 10.7. The second-order valence-electron chi connectivity index (χ2n) is 9.39. The number of hydrogen-bond acceptors (Lipinski definition) is 3. The second-order valence-corrected chi connectivity index (χ2v) is 9.82. The van der Waals surface area contributed by atoms with Gasteiger partial charge in [0.25, 0.3) is 5.91 Å². The van der Waals surface area contributed by atoms with Gasteiger partial charge in [-0.05, 0) is 70.6 Å². The van der Waals surface area contributed by atoms with E-state index in [1.807, 2.05) is 32.7 Å². The number of carbonyl (C=O) groups excluding carboxylic acids is 2. The van der Waals surface area contributed by atoms with E-state index in [1.165, 1.54) is 18.2 Å². The molecule has 0 aromatic heterocycles. The third-order valence-corrected chi connectivity index (χ3v) is 6.57. The first kappa shape index (κ1) is 22.0. The molecule has 2 heterocycles. The highest BCUT2D eigenvalue weighted by Crippen LogP contribution is 2.38. The van der Waals surface area contributed by atoms with Crippen LogP contribution in [-0.2, 0) is 4.79 Å². The summed E-state index contributed by atoms with van der Waals surface area (Å²) in [5, 5.41) is 3.14. The molecule has 29 heavy (non-hydrogen) atoms. The minimum Gasteiger partial charge on any atom is -0.352 e. The van der Waals surface area contributed by atoms with Crippen LogP contribution in [0.5, 0.6) is 0 Å². The molecule has 5 nitrogen and oxygen atoms in total. The lowest BCUT2D eigenvalue weighted by Crippen LogP contribution is -2.52. The molecule has 2 amide bonds. The largest absolute Gasteiger partial charge is 0.352 e. The molecular formula is C22H31ClFN3O2. The molecule has 2 aliphatic rings. The minimum absolute atomic E-state index is 0.157. The normalized spacial score (nSPS) is 24.4. The van der Waals surface area contributed by atoms with Crippen molar-refractivity contribution >= 4 is 23.4 Å². The minimum atomic E-state index is -0.515. The lowest BCUT2D eigenvalue weighted by molar-refractivity contribution is -0.136. The Labute approximate surface area is 177 Å². The number of carbonyl (C=O) groups is 2. The first-order chi connectivity index (χ1) is 13.5. The monoisotopic (exact) mass is 423 g/mol. The van der Waals surface area contributed by atoms with Crippen LogP contribution in [0.4, 0.5) is 4.39 Å². The average molecular weight is 424 g/mol. The molecule has 1 unspecified atom stereocenters. The van der Waals surface area contributed by atoms with Crippen molar-refractivity contribution in [2.75, 3.05) is 20.1 Å². The topological polar surface area (TPSA) is 52.7 Å². The van der Waals surface area contributed by atoms with Gasteiger partial charge in [0.2, 0.25) is 5.91 Å². The van der Waals surface area contributed by atoms with Crippen molar-refractivity contribution in [2.45, 2.75) is 64.1 Å². The third kappa shape index (κ3) is 5.28.